The molecule has 2 amide bonds. The van der Waals surface area contributed by atoms with E-state index in [9.17, 15) is 35.1 Å². The summed E-state index contributed by atoms with van der Waals surface area (Å²) in [5, 5.41) is 54.3. The molecule has 30 heavy (non-hydrogen) atoms. The average Bonchev–Trinajstić information content (AvgIpc) is 2.70. The Bertz CT molecular complexity index is 768. The molecule has 2 aliphatic rings. The smallest absolute Gasteiger partial charge is 0.251 e. The molecule has 0 radical (unpaired) electrons. The monoisotopic (exact) mass is 424 g/mol. The van der Waals surface area contributed by atoms with Crippen molar-refractivity contribution in [3.63, 3.8) is 0 Å². The van der Waals surface area contributed by atoms with Crippen molar-refractivity contribution in [2.24, 2.45) is 5.92 Å². The van der Waals surface area contributed by atoms with Crippen LogP contribution in [0.1, 0.15) is 43.0 Å². The fraction of sp³-hybridized carbons (Fsp3) is 0.600. The van der Waals surface area contributed by atoms with Gasteiger partial charge in [-0.05, 0) is 31.9 Å². The highest BCUT2D eigenvalue weighted by atomic mass is 16.5. The van der Waals surface area contributed by atoms with Crippen LogP contribution < -0.4 is 10.6 Å². The normalized spacial score (nSPS) is 34.2. The van der Waals surface area contributed by atoms with Gasteiger partial charge in [0.05, 0.1) is 12.0 Å². The van der Waals surface area contributed by atoms with Gasteiger partial charge >= 0.3 is 0 Å². The third-order valence-corrected chi connectivity index (χ3v) is 5.72. The van der Waals surface area contributed by atoms with Crippen molar-refractivity contribution in [1.29, 1.82) is 0 Å². The molecule has 10 heteroatoms. The third kappa shape index (κ3) is 4.84. The number of carbonyl (C=O) groups is 2. The van der Waals surface area contributed by atoms with Crippen molar-refractivity contribution in [3.05, 3.63) is 23.8 Å². The van der Waals surface area contributed by atoms with E-state index in [0.29, 0.717) is 12.8 Å². The molecule has 1 aliphatic heterocycles. The molecule has 1 saturated heterocycles. The van der Waals surface area contributed by atoms with E-state index in [1.54, 1.807) is 0 Å². The van der Waals surface area contributed by atoms with E-state index in [-0.39, 0.29) is 17.1 Å². The van der Waals surface area contributed by atoms with Crippen LogP contribution in [0.5, 0.6) is 11.5 Å². The first-order valence-electron chi connectivity index (χ1n) is 10.0. The summed E-state index contributed by atoms with van der Waals surface area (Å²) >= 11 is 0. The van der Waals surface area contributed by atoms with Crippen molar-refractivity contribution in [3.8, 4) is 11.5 Å². The number of benzene rings is 1. The summed E-state index contributed by atoms with van der Waals surface area (Å²) in [6, 6.07) is 3.04. The Kier molecular flexibility index (Phi) is 6.81. The number of amides is 2. The molecule has 3 rings (SSSR count). The van der Waals surface area contributed by atoms with Gasteiger partial charge in [0.15, 0.2) is 6.23 Å². The first-order valence-corrected chi connectivity index (χ1v) is 10.0. The van der Waals surface area contributed by atoms with E-state index in [0.717, 1.165) is 18.9 Å². The second-order valence-electron chi connectivity index (χ2n) is 7.95. The van der Waals surface area contributed by atoms with E-state index in [4.69, 9.17) is 4.74 Å². The van der Waals surface area contributed by atoms with Crippen molar-refractivity contribution in [2.45, 2.75) is 69.3 Å². The lowest BCUT2D eigenvalue weighted by Gasteiger charge is -2.40. The van der Waals surface area contributed by atoms with Gasteiger partial charge in [-0.3, -0.25) is 9.59 Å². The fourth-order valence-electron chi connectivity index (χ4n) is 4.01. The summed E-state index contributed by atoms with van der Waals surface area (Å²) in [6.45, 7) is 1.52. The van der Waals surface area contributed by atoms with Crippen LogP contribution in [-0.2, 0) is 9.53 Å². The number of phenols is 2. The van der Waals surface area contributed by atoms with Crippen LogP contribution >= 0.6 is 0 Å². The first-order chi connectivity index (χ1) is 14.2. The van der Waals surface area contributed by atoms with Gasteiger partial charge in [0.25, 0.3) is 5.91 Å². The molecule has 1 aromatic carbocycles. The molecule has 166 valence electrons. The Hall–Kier alpha value is -2.40. The van der Waals surface area contributed by atoms with Crippen LogP contribution in [-0.4, -0.2) is 74.0 Å². The zero-order valence-electron chi connectivity index (χ0n) is 16.6. The highest BCUT2D eigenvalue weighted by Gasteiger charge is 2.43. The largest absolute Gasteiger partial charge is 0.508 e. The number of carbonyl (C=O) groups excluding carboxylic acids is 2. The molecule has 0 spiro atoms. The summed E-state index contributed by atoms with van der Waals surface area (Å²) in [4.78, 5) is 25.4. The average molecular weight is 424 g/mol. The van der Waals surface area contributed by atoms with Crippen molar-refractivity contribution < 1.29 is 39.9 Å². The van der Waals surface area contributed by atoms with Crippen LogP contribution in [0, 0.1) is 5.92 Å². The molecule has 1 saturated carbocycles. The summed E-state index contributed by atoms with van der Waals surface area (Å²) < 4.78 is 5.42. The number of ether oxygens (including phenoxy) is 1. The predicted molar refractivity (Wildman–Crippen MR) is 103 cm³/mol. The molecule has 0 unspecified atom stereocenters. The lowest BCUT2D eigenvalue weighted by atomic mass is 9.83. The van der Waals surface area contributed by atoms with E-state index >= 15 is 0 Å². The number of aromatic hydroxyl groups is 2. The molecular formula is C20H28N2O8. The lowest BCUT2D eigenvalue weighted by molar-refractivity contribution is -0.225. The predicted octanol–water partition coefficient (Wildman–Crippen LogP) is -0.670. The Morgan fingerprint density at radius 3 is 2.23 bits per heavy atom. The van der Waals surface area contributed by atoms with Gasteiger partial charge in [-0.2, -0.15) is 0 Å². The molecule has 1 heterocycles. The molecule has 0 aromatic heterocycles. The van der Waals surface area contributed by atoms with E-state index in [2.05, 4.69) is 10.6 Å². The zero-order chi connectivity index (χ0) is 22.0. The Balaban J connectivity index is 1.67. The van der Waals surface area contributed by atoms with E-state index in [1.165, 1.54) is 19.1 Å². The van der Waals surface area contributed by atoms with Crippen molar-refractivity contribution in [2.75, 3.05) is 0 Å². The number of nitrogens with one attached hydrogen (secondary N) is 2. The fourth-order valence-corrected chi connectivity index (χ4v) is 4.01. The Morgan fingerprint density at radius 2 is 1.57 bits per heavy atom. The molecule has 1 aromatic rings. The van der Waals surface area contributed by atoms with Gasteiger partial charge in [-0.1, -0.05) is 12.8 Å². The summed E-state index contributed by atoms with van der Waals surface area (Å²) in [7, 11) is 0. The second-order valence-corrected chi connectivity index (χ2v) is 7.95. The summed E-state index contributed by atoms with van der Waals surface area (Å²) in [5.74, 6) is -2.08. The SMILES string of the molecule is C[C@@H]1O[C@@H](NC(=O)[C@@H]2CCCC[C@@H]2NC(=O)c2cc(O)cc(O)c2)[C@@H](O)[C@H](O)[C@@H]1O. The standard InChI is InChI=1S/C20H28N2O8/c1-9-15(25)16(26)17(27)20(30-9)22-19(29)13-4-2-3-5-14(13)21-18(28)10-6-11(23)8-12(24)7-10/h6-9,13-17,20,23-27H,2-5H2,1H3,(H,21,28)(H,22,29)/t9-,13+,14-,15+,16+,17-,20+/m0/s1. The van der Waals surface area contributed by atoms with Gasteiger partial charge in [0, 0.05) is 17.7 Å². The van der Waals surface area contributed by atoms with Crippen LogP contribution in [0.3, 0.4) is 0 Å². The van der Waals surface area contributed by atoms with Gasteiger partial charge in [-0.15, -0.1) is 0 Å². The number of aliphatic hydroxyl groups excluding tert-OH is 3. The first kappa shape index (κ1) is 22.3. The highest BCUT2D eigenvalue weighted by molar-refractivity contribution is 5.95. The number of hydrogen-bond acceptors (Lipinski definition) is 8. The quantitative estimate of drug-likeness (QED) is 0.334. The van der Waals surface area contributed by atoms with Gasteiger partial charge in [0.2, 0.25) is 5.91 Å². The zero-order valence-corrected chi connectivity index (χ0v) is 16.6. The van der Waals surface area contributed by atoms with Gasteiger partial charge in [-0.25, -0.2) is 0 Å². The maximum absolute atomic E-state index is 12.9. The number of rotatable bonds is 4. The van der Waals surface area contributed by atoms with Gasteiger partial charge < -0.3 is 40.9 Å². The maximum atomic E-state index is 12.9. The van der Waals surface area contributed by atoms with Crippen LogP contribution in [0.25, 0.3) is 0 Å². The lowest BCUT2D eigenvalue weighted by Crippen LogP contribution is -2.63. The minimum absolute atomic E-state index is 0.0641. The molecule has 2 fully saturated rings. The molecular weight excluding hydrogens is 396 g/mol. The molecule has 1 aliphatic carbocycles. The minimum atomic E-state index is -1.49. The number of phenolic OH excluding ortho intramolecular Hbond substituents is 2. The summed E-state index contributed by atoms with van der Waals surface area (Å²) in [6.07, 6.45) is -3.54. The maximum Gasteiger partial charge on any atom is 0.251 e. The van der Waals surface area contributed by atoms with Crippen LogP contribution in [0.4, 0.5) is 0 Å². The number of hydrogen-bond donors (Lipinski definition) is 7. The second kappa shape index (κ2) is 9.17. The molecule has 7 atom stereocenters. The highest BCUT2D eigenvalue weighted by Crippen LogP contribution is 2.27. The van der Waals surface area contributed by atoms with Gasteiger partial charge in [0.1, 0.15) is 29.8 Å². The third-order valence-electron chi connectivity index (χ3n) is 5.72. The Morgan fingerprint density at radius 1 is 0.933 bits per heavy atom. The molecule has 10 nitrogen and oxygen atoms in total. The van der Waals surface area contributed by atoms with E-state index < -0.39 is 54.4 Å². The number of aliphatic hydroxyl groups is 3. The minimum Gasteiger partial charge on any atom is -0.508 e. The molecule has 0 bridgehead atoms. The van der Waals surface area contributed by atoms with Crippen LogP contribution in [0.15, 0.2) is 18.2 Å². The van der Waals surface area contributed by atoms with Crippen molar-refractivity contribution in [1.82, 2.24) is 10.6 Å². The Labute approximate surface area is 173 Å². The summed E-state index contributed by atoms with van der Waals surface area (Å²) in [5.41, 5.74) is 0.0641. The van der Waals surface area contributed by atoms with E-state index in [1.807, 2.05) is 0 Å². The topological polar surface area (TPSA) is 169 Å². The van der Waals surface area contributed by atoms with Crippen LogP contribution in [0.2, 0.25) is 0 Å². The van der Waals surface area contributed by atoms with Crippen molar-refractivity contribution >= 4 is 11.8 Å². The molecule has 7 N–H and O–H groups in total.